The first kappa shape index (κ1) is 10.1. The van der Waals surface area contributed by atoms with E-state index in [-0.39, 0.29) is 16.4 Å². The van der Waals surface area contributed by atoms with Gasteiger partial charge in [0.1, 0.15) is 0 Å². The third kappa shape index (κ3) is 3.61. The summed E-state index contributed by atoms with van der Waals surface area (Å²) in [6, 6.07) is 10.9. The molecule has 1 saturated heterocycles. The smallest absolute Gasteiger partial charge is 0.350 e. The Morgan fingerprint density at radius 3 is 2.81 bits per heavy atom. The van der Waals surface area contributed by atoms with Gasteiger partial charge < -0.3 is 4.90 Å². The lowest BCUT2D eigenvalue weighted by Crippen LogP contribution is -2.46. The Balaban J connectivity index is 1.65. The number of fused-ring (bicyclic) bond motifs is 1. The summed E-state index contributed by atoms with van der Waals surface area (Å²) in [5, 5.41) is 4.33. The van der Waals surface area contributed by atoms with Crippen molar-refractivity contribution in [3.8, 4) is 0 Å². The van der Waals surface area contributed by atoms with Crippen LogP contribution in [0.25, 0.3) is 5.65 Å². The molecule has 0 unspecified atom stereocenters. The van der Waals surface area contributed by atoms with E-state index in [1.165, 1.54) is 22.7 Å². The number of aryl methyl sites for hydroxylation is 1. The van der Waals surface area contributed by atoms with Gasteiger partial charge in [-0.1, -0.05) is 23.7 Å². The van der Waals surface area contributed by atoms with E-state index in [0.717, 1.165) is 14.5 Å². The molecule has 2 aromatic heterocycles. The Hall–Kier alpha value is -2.31. The molecule has 1 aromatic carbocycles. The van der Waals surface area contributed by atoms with Crippen molar-refractivity contribution in [1.82, 2.24) is 19.1 Å². The van der Waals surface area contributed by atoms with Gasteiger partial charge in [-0.15, -0.1) is 5.10 Å². The van der Waals surface area contributed by atoms with Crippen molar-refractivity contribution >= 4 is 22.9 Å². The molecule has 0 amide bonds. The van der Waals surface area contributed by atoms with Gasteiger partial charge in [0.15, 0.2) is 5.65 Å². The van der Waals surface area contributed by atoms with Gasteiger partial charge in [-0.25, -0.2) is 9.48 Å². The third-order valence-corrected chi connectivity index (χ3v) is 4.10. The summed E-state index contributed by atoms with van der Waals surface area (Å²) in [5.74, 6) is 0. The largest absolute Gasteiger partial charge is 0.369 e. The molecule has 3 heterocycles. The van der Waals surface area contributed by atoms with E-state index in [0.29, 0.717) is 0 Å². The van der Waals surface area contributed by atoms with Crippen molar-refractivity contribution < 1.29 is 11.0 Å². The van der Waals surface area contributed by atoms with Crippen LogP contribution in [0.5, 0.6) is 0 Å². The molecule has 0 N–H and O–H groups in total. The van der Waals surface area contributed by atoms with Gasteiger partial charge in [0, 0.05) is 61.5 Å². The fourth-order valence-electron chi connectivity index (χ4n) is 2.59. The summed E-state index contributed by atoms with van der Waals surface area (Å²) in [5.41, 5.74) is -0.194. The molecule has 1 aliphatic heterocycles. The number of benzene rings is 1. The monoisotopic (exact) mass is 379 g/mol. The summed E-state index contributed by atoms with van der Waals surface area (Å²) in [7, 11) is 0. The van der Waals surface area contributed by atoms with Crippen molar-refractivity contribution in [2.45, 2.75) is 12.9 Å². The van der Waals surface area contributed by atoms with E-state index in [4.69, 9.17) is 22.6 Å². The lowest BCUT2D eigenvalue weighted by molar-refractivity contribution is 0.248. The summed E-state index contributed by atoms with van der Waals surface area (Å²) in [6.45, 7) is -9.67. The maximum absolute atomic E-state index is 12.6. The summed E-state index contributed by atoms with van der Waals surface area (Å²) >= 11 is 6.00. The molecule has 0 bridgehead atoms. The minimum atomic E-state index is -2.84. The molecule has 3 aromatic rings. The summed E-state index contributed by atoms with van der Waals surface area (Å²) < 4.78 is 70.0. The van der Waals surface area contributed by atoms with Crippen LogP contribution in [0.3, 0.4) is 0 Å². The molecule has 0 radical (unpaired) electrons. The van der Waals surface area contributed by atoms with Gasteiger partial charge in [-0.05, 0) is 36.7 Å². The van der Waals surface area contributed by atoms with Crippen LogP contribution in [0.15, 0.2) is 53.5 Å². The normalized spacial score (nSPS) is 25.2. The minimum Gasteiger partial charge on any atom is -0.369 e. The Morgan fingerprint density at radius 2 is 2.04 bits per heavy atom. The zero-order valence-electron chi connectivity index (χ0n) is 21.8. The van der Waals surface area contributed by atoms with Crippen LogP contribution >= 0.6 is 11.6 Å². The van der Waals surface area contributed by atoms with E-state index < -0.39 is 51.2 Å². The minimum absolute atomic E-state index is 0.182. The number of aromatic nitrogens is 3. The SMILES string of the molecule is [2H]C1([2H])CN(C([2H])([2H])C([2H])([2H])Cn2nc3ccccn3c2=O)CC([2H])([2H])N1c1cccc(Cl)c1. The Morgan fingerprint density at radius 1 is 1.19 bits per heavy atom. The number of rotatable bonds is 5. The van der Waals surface area contributed by atoms with E-state index >= 15 is 0 Å². The number of halogens is 1. The number of nitrogens with zero attached hydrogens (tertiary/aromatic N) is 5. The molecule has 26 heavy (non-hydrogen) atoms. The molecular formula is C19H22ClN5O. The zero-order chi connectivity index (χ0) is 25.1. The van der Waals surface area contributed by atoms with Crippen LogP contribution in [0.1, 0.15) is 17.3 Å². The average molecular weight is 380 g/mol. The Labute approximate surface area is 168 Å². The molecule has 0 aliphatic carbocycles. The Kier molecular flexibility index (Phi) is 2.93. The lowest BCUT2D eigenvalue weighted by Gasteiger charge is -2.36. The third-order valence-electron chi connectivity index (χ3n) is 3.86. The number of piperazine rings is 1. The van der Waals surface area contributed by atoms with E-state index in [9.17, 15) is 4.79 Å². The molecule has 7 heteroatoms. The predicted octanol–water partition coefficient (Wildman–Crippen LogP) is 2.36. The second-order valence-electron chi connectivity index (χ2n) is 5.65. The van der Waals surface area contributed by atoms with Gasteiger partial charge in [0.2, 0.25) is 0 Å². The molecule has 0 atom stereocenters. The van der Waals surface area contributed by atoms with Crippen molar-refractivity contribution in [3.63, 3.8) is 0 Å². The summed E-state index contributed by atoms with van der Waals surface area (Å²) in [4.78, 5) is 14.3. The van der Waals surface area contributed by atoms with Gasteiger partial charge in [0.05, 0.1) is 5.48 Å². The second kappa shape index (κ2) is 7.51. The molecule has 4 rings (SSSR count). The summed E-state index contributed by atoms with van der Waals surface area (Å²) in [6.07, 6.45) is -1.26. The number of hydrogen-bond donors (Lipinski definition) is 0. The van der Waals surface area contributed by atoms with Crippen LogP contribution in [0.2, 0.25) is 5.02 Å². The van der Waals surface area contributed by atoms with Crippen LogP contribution in [-0.4, -0.2) is 51.7 Å². The number of hydrogen-bond acceptors (Lipinski definition) is 4. The van der Waals surface area contributed by atoms with Crippen LogP contribution in [-0.2, 0) is 6.54 Å². The maximum atomic E-state index is 12.6. The van der Waals surface area contributed by atoms with E-state index in [2.05, 4.69) is 5.10 Å². The van der Waals surface area contributed by atoms with Gasteiger partial charge >= 0.3 is 5.69 Å². The van der Waals surface area contributed by atoms with Crippen molar-refractivity contribution in [3.05, 3.63) is 64.2 Å². The van der Waals surface area contributed by atoms with Crippen LogP contribution in [0, 0.1) is 0 Å². The molecule has 0 saturated carbocycles. The zero-order valence-corrected chi connectivity index (χ0v) is 14.5. The first-order chi connectivity index (χ1) is 15.7. The fourth-order valence-corrected chi connectivity index (χ4v) is 2.78. The number of pyridine rings is 1. The Bertz CT molecular complexity index is 1260. The standard InChI is InChI=1S/C19H22ClN5O/c20-16-5-3-6-17(15-16)23-13-11-22(12-14-23)8-4-10-25-19(26)24-9-2-1-7-18(24)21-25/h1-3,5-7,9,15H,4,8,10-14H2/i4D2,8D2,13D2,14D2. The predicted molar refractivity (Wildman–Crippen MR) is 104 cm³/mol. The first-order valence-electron chi connectivity index (χ1n) is 12.0. The maximum Gasteiger partial charge on any atom is 0.350 e. The molecule has 136 valence electrons. The highest BCUT2D eigenvalue weighted by atomic mass is 35.5. The van der Waals surface area contributed by atoms with Crippen LogP contribution < -0.4 is 10.6 Å². The van der Waals surface area contributed by atoms with Gasteiger partial charge in [0.25, 0.3) is 0 Å². The average Bonchev–Trinajstić information content (AvgIpc) is 3.01. The topological polar surface area (TPSA) is 45.8 Å². The van der Waals surface area contributed by atoms with E-state index in [1.54, 1.807) is 30.3 Å². The van der Waals surface area contributed by atoms with Crippen molar-refractivity contribution in [2.24, 2.45) is 0 Å². The fraction of sp³-hybridized carbons (Fsp3) is 0.368. The van der Waals surface area contributed by atoms with Crippen LogP contribution in [0.4, 0.5) is 5.69 Å². The number of anilines is 1. The first-order valence-corrected chi connectivity index (χ1v) is 8.39. The van der Waals surface area contributed by atoms with Gasteiger partial charge in [-0.2, -0.15) is 0 Å². The van der Waals surface area contributed by atoms with Gasteiger partial charge in [-0.3, -0.25) is 9.30 Å². The second-order valence-corrected chi connectivity index (χ2v) is 6.08. The molecular weight excluding hydrogens is 350 g/mol. The highest BCUT2D eigenvalue weighted by molar-refractivity contribution is 6.30. The highest BCUT2D eigenvalue weighted by Gasteiger charge is 2.17. The molecule has 1 fully saturated rings. The molecule has 1 aliphatic rings. The quantitative estimate of drug-likeness (QED) is 0.682. The van der Waals surface area contributed by atoms with Crippen molar-refractivity contribution in [2.75, 3.05) is 37.5 Å². The highest BCUT2D eigenvalue weighted by Crippen LogP contribution is 2.20. The van der Waals surface area contributed by atoms with E-state index in [1.807, 2.05) is 0 Å². The lowest BCUT2D eigenvalue weighted by atomic mass is 10.2. The van der Waals surface area contributed by atoms with Crippen molar-refractivity contribution in [1.29, 1.82) is 0 Å². The molecule has 6 nitrogen and oxygen atoms in total. The molecule has 0 spiro atoms.